The molecule has 0 aliphatic rings. The van der Waals surface area contributed by atoms with Crippen LogP contribution in [0.5, 0.6) is 5.75 Å². The van der Waals surface area contributed by atoms with E-state index in [4.69, 9.17) is 4.74 Å². The predicted octanol–water partition coefficient (Wildman–Crippen LogP) is 4.38. The van der Waals surface area contributed by atoms with Gasteiger partial charge in [0.1, 0.15) is 17.2 Å². The van der Waals surface area contributed by atoms with E-state index in [0.29, 0.717) is 41.0 Å². The Morgan fingerprint density at radius 3 is 2.24 bits per heavy atom. The maximum absolute atomic E-state index is 13.6. The zero-order valence-electron chi connectivity index (χ0n) is 19.5. The zero-order chi connectivity index (χ0) is 24.2. The minimum absolute atomic E-state index is 0.0734. The summed E-state index contributed by atoms with van der Waals surface area (Å²) in [5.74, 6) is 0.524. The molecule has 0 saturated heterocycles. The number of anilines is 2. The number of carbonyl (C=O) groups is 1. The molecule has 2 N–H and O–H groups in total. The van der Waals surface area contributed by atoms with E-state index in [1.165, 1.54) is 0 Å². The molecule has 0 spiro atoms. The number of benzene rings is 2. The Labute approximate surface area is 195 Å². The van der Waals surface area contributed by atoms with Crippen LogP contribution in [-0.4, -0.2) is 37.7 Å². The summed E-state index contributed by atoms with van der Waals surface area (Å²) >= 11 is 0. The zero-order valence-corrected chi connectivity index (χ0v) is 20.4. The highest BCUT2D eigenvalue weighted by atomic mass is 32.2. The second-order valence-electron chi connectivity index (χ2n) is 8.03. The molecule has 9 heteroatoms. The van der Waals surface area contributed by atoms with Crippen LogP contribution in [-0.2, 0) is 14.8 Å². The number of amides is 1. The van der Waals surface area contributed by atoms with Crippen LogP contribution < -0.4 is 14.4 Å². The standard InChI is InChI=1S/C24H30N4O4S/c1-6-32-22-13-9-20(10-14-22)25-23(29)15-28(21-11-7-19(8-12-21)16(2)3)33(30,31)24-17(4)26-27-18(24)5/h7-14,16H,6,15H2,1-5H3,(H,25,29)(H,26,27). The van der Waals surface area contributed by atoms with Gasteiger partial charge in [0.25, 0.3) is 10.0 Å². The van der Waals surface area contributed by atoms with Crippen LogP contribution >= 0.6 is 0 Å². The second kappa shape index (κ2) is 10.1. The van der Waals surface area contributed by atoms with Crippen LogP contribution in [0.1, 0.15) is 43.6 Å². The lowest BCUT2D eigenvalue weighted by Crippen LogP contribution is -2.38. The number of hydrogen-bond donors (Lipinski definition) is 2. The van der Waals surface area contributed by atoms with E-state index in [1.54, 1.807) is 50.2 Å². The van der Waals surface area contributed by atoms with Crippen molar-refractivity contribution in [1.29, 1.82) is 0 Å². The molecule has 1 amide bonds. The minimum Gasteiger partial charge on any atom is -0.494 e. The number of hydrogen-bond acceptors (Lipinski definition) is 5. The van der Waals surface area contributed by atoms with E-state index in [2.05, 4.69) is 29.4 Å². The smallest absolute Gasteiger partial charge is 0.268 e. The first-order valence-corrected chi connectivity index (χ1v) is 12.2. The van der Waals surface area contributed by atoms with E-state index in [-0.39, 0.29) is 11.4 Å². The maximum atomic E-state index is 13.6. The number of aromatic nitrogens is 2. The lowest BCUT2D eigenvalue weighted by Gasteiger charge is -2.24. The number of sulfonamides is 1. The monoisotopic (exact) mass is 470 g/mol. The van der Waals surface area contributed by atoms with Crippen molar-refractivity contribution in [3.05, 3.63) is 65.5 Å². The summed E-state index contributed by atoms with van der Waals surface area (Å²) in [6.07, 6.45) is 0. The molecule has 3 rings (SSSR count). The van der Waals surface area contributed by atoms with E-state index < -0.39 is 15.9 Å². The fourth-order valence-electron chi connectivity index (χ4n) is 3.50. The summed E-state index contributed by atoms with van der Waals surface area (Å²) in [5.41, 5.74) is 2.80. The van der Waals surface area contributed by atoms with Gasteiger partial charge in [0, 0.05) is 5.69 Å². The van der Waals surface area contributed by atoms with Crippen molar-refractivity contribution in [2.75, 3.05) is 22.8 Å². The molecule has 0 atom stereocenters. The Kier molecular flexibility index (Phi) is 7.43. The van der Waals surface area contributed by atoms with Gasteiger partial charge in [-0.1, -0.05) is 26.0 Å². The van der Waals surface area contributed by atoms with Gasteiger partial charge in [0.05, 0.1) is 23.7 Å². The SMILES string of the molecule is CCOc1ccc(NC(=O)CN(c2ccc(C(C)C)cc2)S(=O)(=O)c2c(C)n[nH]c2C)cc1. The van der Waals surface area contributed by atoms with Crippen molar-refractivity contribution < 1.29 is 17.9 Å². The number of ether oxygens (including phenoxy) is 1. The molecule has 2 aromatic carbocycles. The van der Waals surface area contributed by atoms with Gasteiger partial charge in [-0.25, -0.2) is 8.42 Å². The van der Waals surface area contributed by atoms with Gasteiger partial charge in [-0.15, -0.1) is 0 Å². The Balaban J connectivity index is 1.92. The van der Waals surface area contributed by atoms with E-state index >= 15 is 0 Å². The van der Waals surface area contributed by atoms with Gasteiger partial charge in [-0.2, -0.15) is 5.10 Å². The molecule has 0 aliphatic carbocycles. The average Bonchev–Trinajstić information content (AvgIpc) is 3.12. The molecule has 1 heterocycles. The Hall–Kier alpha value is -3.33. The normalized spacial score (nSPS) is 11.5. The van der Waals surface area contributed by atoms with Crippen molar-refractivity contribution in [3.63, 3.8) is 0 Å². The third kappa shape index (κ3) is 5.54. The molecule has 0 fully saturated rings. The number of rotatable bonds is 9. The number of nitrogens with zero attached hydrogens (tertiary/aromatic N) is 2. The van der Waals surface area contributed by atoms with E-state index in [0.717, 1.165) is 9.87 Å². The van der Waals surface area contributed by atoms with Gasteiger partial charge in [-0.3, -0.25) is 14.2 Å². The Bertz CT molecular complexity index is 1180. The largest absolute Gasteiger partial charge is 0.494 e. The highest BCUT2D eigenvalue weighted by molar-refractivity contribution is 7.93. The van der Waals surface area contributed by atoms with Crippen molar-refractivity contribution in [3.8, 4) is 5.75 Å². The number of nitrogens with one attached hydrogen (secondary N) is 2. The maximum Gasteiger partial charge on any atom is 0.268 e. The van der Waals surface area contributed by atoms with Crippen LogP contribution in [0.25, 0.3) is 0 Å². The third-order valence-corrected chi connectivity index (χ3v) is 7.23. The molecule has 1 aromatic heterocycles. The van der Waals surface area contributed by atoms with Gasteiger partial charge in [-0.05, 0) is 68.7 Å². The second-order valence-corrected chi connectivity index (χ2v) is 9.83. The number of carbonyl (C=O) groups excluding carboxylic acids is 1. The molecule has 0 unspecified atom stereocenters. The highest BCUT2D eigenvalue weighted by Gasteiger charge is 2.31. The van der Waals surface area contributed by atoms with Crippen molar-refractivity contribution in [1.82, 2.24) is 10.2 Å². The first-order valence-electron chi connectivity index (χ1n) is 10.8. The number of H-pyrrole nitrogens is 1. The molecule has 8 nitrogen and oxygen atoms in total. The molecular weight excluding hydrogens is 440 g/mol. The fourth-order valence-corrected chi connectivity index (χ4v) is 5.26. The molecule has 0 bridgehead atoms. The summed E-state index contributed by atoms with van der Waals surface area (Å²) in [6, 6.07) is 14.1. The quantitative estimate of drug-likeness (QED) is 0.483. The van der Waals surface area contributed by atoms with Crippen molar-refractivity contribution >= 4 is 27.3 Å². The molecule has 0 radical (unpaired) electrons. The topological polar surface area (TPSA) is 104 Å². The molecule has 3 aromatic rings. The fraction of sp³-hybridized carbons (Fsp3) is 0.333. The summed E-state index contributed by atoms with van der Waals surface area (Å²) in [4.78, 5) is 13.0. The molecule has 0 saturated carbocycles. The molecule has 33 heavy (non-hydrogen) atoms. The lowest BCUT2D eigenvalue weighted by atomic mass is 10.0. The lowest BCUT2D eigenvalue weighted by molar-refractivity contribution is -0.114. The molecular formula is C24H30N4O4S. The summed E-state index contributed by atoms with van der Waals surface area (Å²) in [5, 5.41) is 9.50. The van der Waals surface area contributed by atoms with Crippen LogP contribution in [0.2, 0.25) is 0 Å². The average molecular weight is 471 g/mol. The van der Waals surface area contributed by atoms with Crippen LogP contribution in [0, 0.1) is 13.8 Å². The van der Waals surface area contributed by atoms with Gasteiger partial charge in [0.2, 0.25) is 5.91 Å². The summed E-state index contributed by atoms with van der Waals surface area (Å²) in [6.45, 7) is 9.44. The number of aromatic amines is 1. The first-order chi connectivity index (χ1) is 15.6. The summed E-state index contributed by atoms with van der Waals surface area (Å²) < 4.78 is 33.8. The van der Waals surface area contributed by atoms with Crippen molar-refractivity contribution in [2.24, 2.45) is 0 Å². The predicted molar refractivity (Wildman–Crippen MR) is 129 cm³/mol. The molecule has 0 aliphatic heterocycles. The van der Waals surface area contributed by atoms with E-state index in [1.807, 2.05) is 19.1 Å². The van der Waals surface area contributed by atoms with Gasteiger partial charge < -0.3 is 10.1 Å². The third-order valence-electron chi connectivity index (χ3n) is 5.19. The van der Waals surface area contributed by atoms with Gasteiger partial charge in [0.15, 0.2) is 0 Å². The van der Waals surface area contributed by atoms with Gasteiger partial charge >= 0.3 is 0 Å². The Morgan fingerprint density at radius 1 is 1.09 bits per heavy atom. The Morgan fingerprint density at radius 2 is 1.73 bits per heavy atom. The van der Waals surface area contributed by atoms with Crippen molar-refractivity contribution in [2.45, 2.75) is 45.4 Å². The highest BCUT2D eigenvalue weighted by Crippen LogP contribution is 2.28. The first kappa shape index (κ1) is 24.3. The molecule has 176 valence electrons. The van der Waals surface area contributed by atoms with Crippen LogP contribution in [0.3, 0.4) is 0 Å². The summed E-state index contributed by atoms with van der Waals surface area (Å²) in [7, 11) is -4.05. The van der Waals surface area contributed by atoms with Crippen LogP contribution in [0.15, 0.2) is 53.4 Å². The minimum atomic E-state index is -4.05. The number of aryl methyl sites for hydroxylation is 2. The van der Waals surface area contributed by atoms with Crippen LogP contribution in [0.4, 0.5) is 11.4 Å². The van der Waals surface area contributed by atoms with E-state index in [9.17, 15) is 13.2 Å².